The number of likely N-dealkylation sites (N-methyl/N-ethyl adjacent to an activating group) is 2. The molecule has 130 valence electrons. The van der Waals surface area contributed by atoms with Gasteiger partial charge in [0.25, 0.3) is 0 Å². The van der Waals surface area contributed by atoms with E-state index in [2.05, 4.69) is 22.0 Å². The molecule has 0 radical (unpaired) electrons. The molecule has 6 heteroatoms. The van der Waals surface area contributed by atoms with Crippen molar-refractivity contribution < 1.29 is 9.18 Å². The predicted molar refractivity (Wildman–Crippen MR) is 94.6 cm³/mol. The summed E-state index contributed by atoms with van der Waals surface area (Å²) in [5.74, 6) is -0.386. The Balaban J connectivity index is 2.00. The second-order valence-corrected chi connectivity index (χ2v) is 7.48. The molecule has 4 nitrogen and oxygen atoms in total. The molecule has 0 aliphatic heterocycles. The summed E-state index contributed by atoms with van der Waals surface area (Å²) >= 11 is 3.33. The van der Waals surface area contributed by atoms with Crippen molar-refractivity contribution in [3.05, 3.63) is 34.1 Å². The minimum Gasteiger partial charge on any atom is -0.326 e. The van der Waals surface area contributed by atoms with E-state index in [-0.39, 0.29) is 18.3 Å². The Morgan fingerprint density at radius 3 is 2.62 bits per heavy atom. The number of rotatable bonds is 5. The SMILES string of the molecule is CN(CC(=O)N(C)C1(C#N)CCCCC1)Cc1cc(Br)ccc1F. The Kier molecular flexibility index (Phi) is 6.36. The van der Waals surface area contributed by atoms with Crippen LogP contribution in [0.15, 0.2) is 22.7 Å². The van der Waals surface area contributed by atoms with Crippen LogP contribution in [0.1, 0.15) is 37.7 Å². The molecule has 1 amide bonds. The Morgan fingerprint density at radius 1 is 1.33 bits per heavy atom. The fourth-order valence-corrected chi connectivity index (χ4v) is 3.65. The second-order valence-electron chi connectivity index (χ2n) is 6.56. The number of hydrogen-bond donors (Lipinski definition) is 0. The third-order valence-electron chi connectivity index (χ3n) is 4.76. The van der Waals surface area contributed by atoms with E-state index in [0.29, 0.717) is 12.1 Å². The number of hydrogen-bond acceptors (Lipinski definition) is 3. The highest BCUT2D eigenvalue weighted by Gasteiger charge is 2.38. The van der Waals surface area contributed by atoms with Crippen LogP contribution < -0.4 is 0 Å². The summed E-state index contributed by atoms with van der Waals surface area (Å²) in [6.07, 6.45) is 4.54. The smallest absolute Gasteiger partial charge is 0.237 e. The highest BCUT2D eigenvalue weighted by Crippen LogP contribution is 2.32. The zero-order valence-electron chi connectivity index (χ0n) is 14.2. The fraction of sp³-hybridized carbons (Fsp3) is 0.556. The lowest BCUT2D eigenvalue weighted by Crippen LogP contribution is -2.52. The van der Waals surface area contributed by atoms with Crippen molar-refractivity contribution in [2.45, 2.75) is 44.2 Å². The number of benzene rings is 1. The first-order chi connectivity index (χ1) is 11.4. The maximum Gasteiger partial charge on any atom is 0.237 e. The number of carbonyl (C=O) groups excluding carboxylic acids is 1. The molecule has 1 aliphatic carbocycles. The Bertz CT molecular complexity index is 638. The van der Waals surface area contributed by atoms with E-state index < -0.39 is 5.54 Å². The van der Waals surface area contributed by atoms with Gasteiger partial charge in [-0.1, -0.05) is 35.2 Å². The monoisotopic (exact) mass is 395 g/mol. The van der Waals surface area contributed by atoms with Crippen molar-refractivity contribution >= 4 is 21.8 Å². The first-order valence-corrected chi connectivity index (χ1v) is 8.98. The van der Waals surface area contributed by atoms with Crippen LogP contribution in [0.2, 0.25) is 0 Å². The summed E-state index contributed by atoms with van der Waals surface area (Å²) in [6, 6.07) is 7.14. The van der Waals surface area contributed by atoms with E-state index in [9.17, 15) is 14.4 Å². The summed E-state index contributed by atoms with van der Waals surface area (Å²) in [7, 11) is 3.50. The van der Waals surface area contributed by atoms with Gasteiger partial charge in [0, 0.05) is 23.6 Å². The molecule has 0 saturated heterocycles. The average Bonchev–Trinajstić information content (AvgIpc) is 2.58. The molecule has 0 N–H and O–H groups in total. The van der Waals surface area contributed by atoms with Crippen LogP contribution in [-0.4, -0.2) is 41.9 Å². The van der Waals surface area contributed by atoms with E-state index >= 15 is 0 Å². The summed E-state index contributed by atoms with van der Waals surface area (Å²) in [4.78, 5) is 16.0. The van der Waals surface area contributed by atoms with Gasteiger partial charge in [0.1, 0.15) is 11.4 Å². The third-order valence-corrected chi connectivity index (χ3v) is 5.25. The van der Waals surface area contributed by atoms with Crippen LogP contribution in [0.5, 0.6) is 0 Å². The van der Waals surface area contributed by atoms with Crippen molar-refractivity contribution in [2.75, 3.05) is 20.6 Å². The van der Waals surface area contributed by atoms with Crippen molar-refractivity contribution in [2.24, 2.45) is 0 Å². The van der Waals surface area contributed by atoms with Crippen molar-refractivity contribution in [1.29, 1.82) is 5.26 Å². The maximum absolute atomic E-state index is 13.8. The van der Waals surface area contributed by atoms with E-state index in [1.54, 1.807) is 36.0 Å². The summed E-state index contributed by atoms with van der Waals surface area (Å²) in [6.45, 7) is 0.496. The second kappa shape index (κ2) is 8.09. The topological polar surface area (TPSA) is 47.3 Å². The van der Waals surface area contributed by atoms with Gasteiger partial charge in [-0.15, -0.1) is 0 Å². The minimum absolute atomic E-state index is 0.101. The zero-order valence-corrected chi connectivity index (χ0v) is 15.8. The van der Waals surface area contributed by atoms with Crippen LogP contribution in [0.3, 0.4) is 0 Å². The van der Waals surface area contributed by atoms with Crippen LogP contribution in [-0.2, 0) is 11.3 Å². The largest absolute Gasteiger partial charge is 0.326 e. The van der Waals surface area contributed by atoms with Crippen LogP contribution in [0.25, 0.3) is 0 Å². The van der Waals surface area contributed by atoms with Gasteiger partial charge in [0.15, 0.2) is 0 Å². The van der Waals surface area contributed by atoms with Crippen molar-refractivity contribution in [1.82, 2.24) is 9.80 Å². The number of carbonyl (C=O) groups is 1. The normalized spacial score (nSPS) is 16.7. The van der Waals surface area contributed by atoms with Gasteiger partial charge in [0.05, 0.1) is 12.6 Å². The Labute approximate surface area is 151 Å². The number of halogens is 2. The van der Waals surface area contributed by atoms with Crippen molar-refractivity contribution in [3.63, 3.8) is 0 Å². The van der Waals surface area contributed by atoms with Gasteiger partial charge in [-0.2, -0.15) is 5.26 Å². The zero-order chi connectivity index (χ0) is 17.7. The van der Waals surface area contributed by atoms with Crippen LogP contribution in [0.4, 0.5) is 4.39 Å². The lowest BCUT2D eigenvalue weighted by Gasteiger charge is -2.39. The van der Waals surface area contributed by atoms with Crippen LogP contribution >= 0.6 is 15.9 Å². The minimum atomic E-state index is -0.683. The highest BCUT2D eigenvalue weighted by atomic mass is 79.9. The summed E-state index contributed by atoms with van der Waals surface area (Å²) < 4.78 is 14.7. The number of amides is 1. The first kappa shape index (κ1) is 18.9. The fourth-order valence-electron chi connectivity index (χ4n) is 3.25. The van der Waals surface area contributed by atoms with Gasteiger partial charge in [-0.3, -0.25) is 9.69 Å². The molecule has 1 fully saturated rings. The molecule has 0 heterocycles. The average molecular weight is 396 g/mol. The molecule has 1 aliphatic rings. The number of nitrogens with zero attached hydrogens (tertiary/aromatic N) is 3. The Hall–Kier alpha value is -1.45. The van der Waals surface area contributed by atoms with E-state index in [1.165, 1.54) is 6.07 Å². The Morgan fingerprint density at radius 2 is 2.00 bits per heavy atom. The number of nitriles is 1. The molecule has 0 atom stereocenters. The quantitative estimate of drug-likeness (QED) is 0.763. The molecule has 24 heavy (non-hydrogen) atoms. The lowest BCUT2D eigenvalue weighted by atomic mass is 9.81. The van der Waals surface area contributed by atoms with Gasteiger partial charge in [0.2, 0.25) is 5.91 Å². The van der Waals surface area contributed by atoms with Gasteiger partial charge >= 0.3 is 0 Å². The molecule has 0 bridgehead atoms. The summed E-state index contributed by atoms with van der Waals surface area (Å²) in [5, 5.41) is 9.58. The van der Waals surface area contributed by atoms with Gasteiger partial charge in [-0.05, 0) is 38.1 Å². The molecule has 1 saturated carbocycles. The molecule has 1 aromatic rings. The van der Waals surface area contributed by atoms with Gasteiger partial charge in [-0.25, -0.2) is 4.39 Å². The lowest BCUT2D eigenvalue weighted by molar-refractivity contribution is -0.135. The predicted octanol–water partition coefficient (Wildman–Crippen LogP) is 3.70. The molecule has 2 rings (SSSR count). The molecule has 1 aromatic carbocycles. The molecular weight excluding hydrogens is 373 g/mol. The molecule has 0 aromatic heterocycles. The van der Waals surface area contributed by atoms with E-state index in [1.807, 2.05) is 0 Å². The van der Waals surface area contributed by atoms with E-state index in [0.717, 1.165) is 36.6 Å². The molecule has 0 unspecified atom stereocenters. The standard InChI is InChI=1S/C18H23BrFN3O/c1-22(11-14-10-15(19)6-7-16(14)20)12-17(24)23(2)18(13-21)8-4-3-5-9-18/h6-7,10H,3-5,8-9,11-12H2,1-2H3. The van der Waals surface area contributed by atoms with Crippen LogP contribution in [0, 0.1) is 17.1 Å². The maximum atomic E-state index is 13.8. The molecule has 0 spiro atoms. The summed E-state index contributed by atoms with van der Waals surface area (Å²) in [5.41, 5.74) is -0.146. The first-order valence-electron chi connectivity index (χ1n) is 8.18. The third kappa shape index (κ3) is 4.34. The highest BCUT2D eigenvalue weighted by molar-refractivity contribution is 9.10. The van der Waals surface area contributed by atoms with E-state index in [4.69, 9.17) is 0 Å². The molecular formula is C18H23BrFN3O. The van der Waals surface area contributed by atoms with Gasteiger partial charge < -0.3 is 4.90 Å². The van der Waals surface area contributed by atoms with Crippen molar-refractivity contribution in [3.8, 4) is 6.07 Å².